The zero-order valence-corrected chi connectivity index (χ0v) is 13.9. The molecule has 0 atom stereocenters. The van der Waals surface area contributed by atoms with E-state index in [1.54, 1.807) is 7.11 Å². The van der Waals surface area contributed by atoms with Gasteiger partial charge in [0.1, 0.15) is 5.69 Å². The van der Waals surface area contributed by atoms with Gasteiger partial charge in [0.25, 0.3) is 0 Å². The Morgan fingerprint density at radius 2 is 1.44 bits per heavy atom. The third kappa shape index (κ3) is 3.06. The van der Waals surface area contributed by atoms with Crippen LogP contribution in [0.4, 0.5) is 0 Å². The molecule has 0 unspecified atom stereocenters. The zero-order chi connectivity index (χ0) is 17.2. The Labute approximate surface area is 144 Å². The molecular formula is C19H16N4O2. The largest absolute Gasteiger partial charge is 0.480 e. The van der Waals surface area contributed by atoms with Gasteiger partial charge < -0.3 is 4.74 Å². The number of benzene rings is 2. The van der Waals surface area contributed by atoms with E-state index >= 15 is 0 Å². The molecule has 4 aromatic rings. The molecule has 2 heterocycles. The van der Waals surface area contributed by atoms with E-state index < -0.39 is 0 Å². The lowest BCUT2D eigenvalue weighted by molar-refractivity contribution is 0.313. The molecule has 124 valence electrons. The van der Waals surface area contributed by atoms with Gasteiger partial charge in [-0.1, -0.05) is 54.1 Å². The Morgan fingerprint density at radius 3 is 2.08 bits per heavy atom. The van der Waals surface area contributed by atoms with Crippen molar-refractivity contribution in [2.24, 2.45) is 0 Å². The number of ether oxygens (including phenoxy) is 1. The molecule has 0 saturated carbocycles. The van der Waals surface area contributed by atoms with Crippen molar-refractivity contribution in [2.75, 3.05) is 7.11 Å². The fraction of sp³-hybridized carbons (Fsp3) is 0.158. The van der Waals surface area contributed by atoms with Crippen molar-refractivity contribution in [3.8, 4) is 17.0 Å². The van der Waals surface area contributed by atoms with Crippen LogP contribution in [0.15, 0.2) is 53.2 Å². The van der Waals surface area contributed by atoms with E-state index in [0.29, 0.717) is 29.3 Å². The van der Waals surface area contributed by atoms with Gasteiger partial charge in [-0.2, -0.15) is 4.98 Å². The lowest BCUT2D eigenvalue weighted by Gasteiger charge is -2.07. The SMILES string of the molecule is COc1nc2nonc2nc1Cc1ccc(-c2ccc(C)cc2)cc1. The minimum absolute atomic E-state index is 0.343. The number of rotatable bonds is 4. The van der Waals surface area contributed by atoms with Gasteiger partial charge in [0.2, 0.25) is 17.2 Å². The highest BCUT2D eigenvalue weighted by atomic mass is 16.6. The zero-order valence-electron chi connectivity index (χ0n) is 13.9. The van der Waals surface area contributed by atoms with Crippen molar-refractivity contribution in [1.82, 2.24) is 20.3 Å². The Bertz CT molecular complexity index is 1010. The summed E-state index contributed by atoms with van der Waals surface area (Å²) in [6.45, 7) is 2.09. The molecule has 2 aromatic heterocycles. The van der Waals surface area contributed by atoms with Gasteiger partial charge >= 0.3 is 0 Å². The highest BCUT2D eigenvalue weighted by molar-refractivity contribution is 5.65. The molecule has 0 radical (unpaired) electrons. The number of hydrogen-bond donors (Lipinski definition) is 0. The highest BCUT2D eigenvalue weighted by Gasteiger charge is 2.13. The topological polar surface area (TPSA) is 73.9 Å². The first-order valence-corrected chi connectivity index (χ1v) is 7.92. The summed E-state index contributed by atoms with van der Waals surface area (Å²) in [7, 11) is 1.56. The normalized spacial score (nSPS) is 11.0. The van der Waals surface area contributed by atoms with Crippen LogP contribution in [-0.4, -0.2) is 27.4 Å². The summed E-state index contributed by atoms with van der Waals surface area (Å²) >= 11 is 0. The molecule has 2 aromatic carbocycles. The Hall–Kier alpha value is -3.28. The number of methoxy groups -OCH3 is 1. The standard InChI is InChI=1S/C19H16N4O2/c1-12-3-7-14(8-4-12)15-9-5-13(6-10-15)11-16-19(24-2)21-18-17(20-16)22-25-23-18/h3-10H,11H2,1-2H3. The summed E-state index contributed by atoms with van der Waals surface area (Å²) in [5, 5.41) is 7.43. The summed E-state index contributed by atoms with van der Waals surface area (Å²) in [6.07, 6.45) is 0.590. The van der Waals surface area contributed by atoms with Crippen molar-refractivity contribution in [3.05, 3.63) is 65.4 Å². The minimum atomic E-state index is 0.343. The molecule has 4 rings (SSSR count). The van der Waals surface area contributed by atoms with Crippen LogP contribution in [0.3, 0.4) is 0 Å². The molecule has 0 aliphatic carbocycles. The first-order valence-electron chi connectivity index (χ1n) is 7.92. The predicted molar refractivity (Wildman–Crippen MR) is 93.4 cm³/mol. The highest BCUT2D eigenvalue weighted by Crippen LogP contribution is 2.23. The van der Waals surface area contributed by atoms with Crippen LogP contribution in [-0.2, 0) is 6.42 Å². The molecule has 25 heavy (non-hydrogen) atoms. The van der Waals surface area contributed by atoms with Gasteiger partial charge in [-0.3, -0.25) is 0 Å². The smallest absolute Gasteiger partial charge is 0.246 e. The molecule has 6 heteroatoms. The Kier molecular flexibility index (Phi) is 3.85. The molecule has 0 amide bonds. The van der Waals surface area contributed by atoms with Gasteiger partial charge in [-0.05, 0) is 33.9 Å². The van der Waals surface area contributed by atoms with E-state index in [1.165, 1.54) is 16.7 Å². The first-order chi connectivity index (χ1) is 12.2. The number of nitrogens with zero attached hydrogens (tertiary/aromatic N) is 4. The average molecular weight is 332 g/mol. The molecule has 0 saturated heterocycles. The van der Waals surface area contributed by atoms with Crippen molar-refractivity contribution >= 4 is 11.3 Å². The predicted octanol–water partition coefficient (Wildman–Crippen LogP) is 3.59. The summed E-state index contributed by atoms with van der Waals surface area (Å²) < 4.78 is 9.98. The number of fused-ring (bicyclic) bond motifs is 1. The van der Waals surface area contributed by atoms with E-state index in [4.69, 9.17) is 4.74 Å². The van der Waals surface area contributed by atoms with Crippen molar-refractivity contribution in [3.63, 3.8) is 0 Å². The van der Waals surface area contributed by atoms with Crippen molar-refractivity contribution in [1.29, 1.82) is 0 Å². The fourth-order valence-electron chi connectivity index (χ4n) is 2.69. The van der Waals surface area contributed by atoms with Crippen LogP contribution in [0.1, 0.15) is 16.8 Å². The molecule has 0 spiro atoms. The maximum absolute atomic E-state index is 5.32. The second kappa shape index (κ2) is 6.32. The average Bonchev–Trinajstić information content (AvgIpc) is 3.10. The number of aryl methyl sites for hydroxylation is 1. The molecule has 0 aliphatic heterocycles. The molecule has 0 N–H and O–H groups in total. The van der Waals surface area contributed by atoms with Gasteiger partial charge in [0, 0.05) is 6.42 Å². The van der Waals surface area contributed by atoms with Crippen molar-refractivity contribution < 1.29 is 9.37 Å². The number of aromatic nitrogens is 4. The van der Waals surface area contributed by atoms with E-state index in [2.05, 4.69) is 80.4 Å². The third-order valence-corrected chi connectivity index (χ3v) is 4.05. The fourth-order valence-corrected chi connectivity index (χ4v) is 2.69. The third-order valence-electron chi connectivity index (χ3n) is 4.05. The van der Waals surface area contributed by atoms with E-state index in [1.807, 2.05) is 0 Å². The van der Waals surface area contributed by atoms with Gasteiger partial charge in [0.05, 0.1) is 7.11 Å². The van der Waals surface area contributed by atoms with Crippen LogP contribution in [0, 0.1) is 6.92 Å². The Balaban J connectivity index is 1.61. The van der Waals surface area contributed by atoms with Crippen LogP contribution >= 0.6 is 0 Å². The maximum Gasteiger partial charge on any atom is 0.246 e. The number of hydrogen-bond acceptors (Lipinski definition) is 6. The van der Waals surface area contributed by atoms with Crippen LogP contribution in [0.25, 0.3) is 22.4 Å². The van der Waals surface area contributed by atoms with E-state index in [9.17, 15) is 0 Å². The molecule has 0 fully saturated rings. The van der Waals surface area contributed by atoms with E-state index in [0.717, 1.165) is 5.56 Å². The van der Waals surface area contributed by atoms with Gasteiger partial charge in [-0.15, -0.1) is 0 Å². The summed E-state index contributed by atoms with van der Waals surface area (Å²) in [4.78, 5) is 8.71. The van der Waals surface area contributed by atoms with E-state index in [-0.39, 0.29) is 0 Å². The Morgan fingerprint density at radius 1 is 0.840 bits per heavy atom. The summed E-state index contributed by atoms with van der Waals surface area (Å²) in [6, 6.07) is 16.9. The minimum Gasteiger partial charge on any atom is -0.480 e. The van der Waals surface area contributed by atoms with Crippen LogP contribution < -0.4 is 4.74 Å². The van der Waals surface area contributed by atoms with Crippen LogP contribution in [0.2, 0.25) is 0 Å². The molecule has 6 nitrogen and oxygen atoms in total. The second-order valence-electron chi connectivity index (χ2n) is 5.83. The monoisotopic (exact) mass is 332 g/mol. The van der Waals surface area contributed by atoms with Gasteiger partial charge in [0.15, 0.2) is 0 Å². The second-order valence-corrected chi connectivity index (χ2v) is 5.83. The lowest BCUT2D eigenvalue weighted by Crippen LogP contribution is -2.01. The molecular weight excluding hydrogens is 316 g/mol. The maximum atomic E-state index is 5.32. The lowest BCUT2D eigenvalue weighted by atomic mass is 10.0. The van der Waals surface area contributed by atoms with Crippen LogP contribution in [0.5, 0.6) is 5.88 Å². The molecule has 0 aliphatic rings. The van der Waals surface area contributed by atoms with Gasteiger partial charge in [-0.25, -0.2) is 9.61 Å². The summed E-state index contributed by atoms with van der Waals surface area (Å²) in [5.74, 6) is 0.436. The van der Waals surface area contributed by atoms with Crippen molar-refractivity contribution in [2.45, 2.75) is 13.3 Å². The quantitative estimate of drug-likeness (QED) is 0.568. The first kappa shape index (κ1) is 15.3. The molecule has 0 bridgehead atoms. The summed E-state index contributed by atoms with van der Waals surface area (Å²) in [5.41, 5.74) is 6.17.